The van der Waals surface area contributed by atoms with E-state index < -0.39 is 0 Å². The molecule has 150 valence electrons. The van der Waals surface area contributed by atoms with Gasteiger partial charge in [-0.1, -0.05) is 6.07 Å². The zero-order valence-electron chi connectivity index (χ0n) is 15.9. The van der Waals surface area contributed by atoms with E-state index in [9.17, 15) is 4.79 Å². The Bertz CT molecular complexity index is 711. The van der Waals surface area contributed by atoms with Gasteiger partial charge < -0.3 is 10.6 Å². The number of piperidine rings is 1. The number of nitrogens with zero attached hydrogens (tertiary/aromatic N) is 3. The Morgan fingerprint density at radius 3 is 2.59 bits per heavy atom. The summed E-state index contributed by atoms with van der Waals surface area (Å²) in [7, 11) is 0. The maximum atomic E-state index is 12.0. The third-order valence-corrected chi connectivity index (χ3v) is 4.76. The largest absolute Gasteiger partial charge is 0.352 e. The van der Waals surface area contributed by atoms with Crippen LogP contribution in [0, 0.1) is 19.8 Å². The van der Waals surface area contributed by atoms with Crippen LogP contribution in [0.3, 0.4) is 0 Å². The van der Waals surface area contributed by atoms with Crippen molar-refractivity contribution in [3.63, 3.8) is 0 Å². The lowest BCUT2D eigenvalue weighted by atomic mass is 9.93. The monoisotopic (exact) mass is 413 g/mol. The first-order valence-electron chi connectivity index (χ1n) is 9.08. The Hall–Kier alpha value is -1.63. The molecule has 0 bridgehead atoms. The molecule has 0 unspecified atom stereocenters. The quantitative estimate of drug-likeness (QED) is 0.762. The van der Waals surface area contributed by atoms with Gasteiger partial charge in [-0.3, -0.25) is 4.79 Å². The minimum absolute atomic E-state index is 0. The van der Waals surface area contributed by atoms with Gasteiger partial charge in [0.1, 0.15) is 0 Å². The molecule has 0 saturated carbocycles. The van der Waals surface area contributed by atoms with E-state index >= 15 is 0 Å². The molecule has 2 aromatic heterocycles. The molecule has 3 rings (SSSR count). The maximum Gasteiger partial charge on any atom is 0.220 e. The summed E-state index contributed by atoms with van der Waals surface area (Å²) in [5, 5.41) is 10.8. The van der Waals surface area contributed by atoms with E-state index in [0.29, 0.717) is 18.9 Å². The van der Waals surface area contributed by atoms with Crippen LogP contribution in [0.5, 0.6) is 0 Å². The lowest BCUT2D eigenvalue weighted by Gasteiger charge is -2.22. The van der Waals surface area contributed by atoms with Crippen LogP contribution < -0.4 is 10.6 Å². The number of carbonyl (C=O) groups excluding carboxylic acids is 1. The molecule has 3 heterocycles. The fourth-order valence-electron chi connectivity index (χ4n) is 3.30. The Labute approximate surface area is 173 Å². The second-order valence-electron chi connectivity index (χ2n) is 6.87. The van der Waals surface area contributed by atoms with E-state index in [1.54, 1.807) is 6.20 Å². The van der Waals surface area contributed by atoms with Crippen molar-refractivity contribution >= 4 is 30.7 Å². The lowest BCUT2D eigenvalue weighted by Crippen LogP contribution is -2.29. The highest BCUT2D eigenvalue weighted by Crippen LogP contribution is 2.17. The topological polar surface area (TPSA) is 71.8 Å². The molecular weight excluding hydrogens is 385 g/mol. The summed E-state index contributed by atoms with van der Waals surface area (Å²) >= 11 is 0. The normalized spacial score (nSPS) is 14.1. The molecule has 6 nitrogen and oxygen atoms in total. The molecule has 1 aliphatic heterocycles. The van der Waals surface area contributed by atoms with E-state index in [1.807, 2.05) is 36.7 Å². The van der Waals surface area contributed by atoms with Crippen molar-refractivity contribution in [2.45, 2.75) is 46.1 Å². The number of aromatic nitrogens is 3. The molecule has 1 saturated heterocycles. The molecule has 0 aliphatic carbocycles. The molecule has 27 heavy (non-hydrogen) atoms. The Kier molecular flexibility index (Phi) is 9.77. The minimum Gasteiger partial charge on any atom is -0.352 e. The predicted octanol–water partition coefficient (Wildman–Crippen LogP) is 3.12. The Balaban J connectivity index is 0.00000182. The zero-order chi connectivity index (χ0) is 17.6. The van der Waals surface area contributed by atoms with Gasteiger partial charge in [0.05, 0.1) is 5.69 Å². The van der Waals surface area contributed by atoms with Gasteiger partial charge >= 0.3 is 0 Å². The van der Waals surface area contributed by atoms with Crippen LogP contribution in [-0.4, -0.2) is 33.8 Å². The minimum atomic E-state index is 0. The van der Waals surface area contributed by atoms with Gasteiger partial charge in [0.2, 0.25) is 5.91 Å². The summed E-state index contributed by atoms with van der Waals surface area (Å²) < 4.78 is 1.83. The molecule has 8 heteroatoms. The van der Waals surface area contributed by atoms with Crippen LogP contribution in [0.2, 0.25) is 0 Å². The average Bonchev–Trinajstić information content (AvgIpc) is 2.98. The molecule has 0 aromatic carbocycles. The Morgan fingerprint density at radius 2 is 2.00 bits per heavy atom. The fourth-order valence-corrected chi connectivity index (χ4v) is 3.30. The number of hydrogen-bond acceptors (Lipinski definition) is 4. The number of hydrogen-bond donors (Lipinski definition) is 2. The summed E-state index contributed by atoms with van der Waals surface area (Å²) in [4.78, 5) is 16.5. The van der Waals surface area contributed by atoms with Crippen LogP contribution in [0.1, 0.15) is 42.6 Å². The van der Waals surface area contributed by atoms with Crippen LogP contribution in [-0.2, 0) is 11.3 Å². The second-order valence-corrected chi connectivity index (χ2v) is 6.87. The number of rotatable bonds is 6. The van der Waals surface area contributed by atoms with Crippen molar-refractivity contribution in [3.05, 3.63) is 41.3 Å². The van der Waals surface area contributed by atoms with Crippen molar-refractivity contribution in [2.24, 2.45) is 5.92 Å². The van der Waals surface area contributed by atoms with Gasteiger partial charge in [-0.2, -0.15) is 5.10 Å². The number of nitrogens with one attached hydrogen (secondary N) is 2. The van der Waals surface area contributed by atoms with Crippen molar-refractivity contribution < 1.29 is 4.79 Å². The molecule has 2 aromatic rings. The average molecular weight is 414 g/mol. The molecule has 1 fully saturated rings. The van der Waals surface area contributed by atoms with E-state index in [2.05, 4.69) is 20.7 Å². The summed E-state index contributed by atoms with van der Waals surface area (Å²) in [5.41, 5.74) is 3.04. The van der Waals surface area contributed by atoms with Crippen LogP contribution >= 0.6 is 24.8 Å². The zero-order valence-corrected chi connectivity index (χ0v) is 17.5. The van der Waals surface area contributed by atoms with E-state index in [1.165, 1.54) is 12.8 Å². The summed E-state index contributed by atoms with van der Waals surface area (Å²) in [6.45, 7) is 6.67. The van der Waals surface area contributed by atoms with Gasteiger partial charge in [-0.15, -0.1) is 24.8 Å². The smallest absolute Gasteiger partial charge is 0.220 e. The maximum absolute atomic E-state index is 12.0. The van der Waals surface area contributed by atoms with Gasteiger partial charge in [-0.05, 0) is 69.8 Å². The van der Waals surface area contributed by atoms with Crippen LogP contribution in [0.4, 0.5) is 0 Å². The molecule has 2 N–H and O–H groups in total. The second kappa shape index (κ2) is 11.3. The first-order chi connectivity index (χ1) is 12.1. The fraction of sp³-hybridized carbons (Fsp3) is 0.526. The van der Waals surface area contributed by atoms with Gasteiger partial charge in [0.15, 0.2) is 5.82 Å². The molecule has 1 aliphatic rings. The van der Waals surface area contributed by atoms with E-state index in [4.69, 9.17) is 0 Å². The van der Waals surface area contributed by atoms with Crippen molar-refractivity contribution in [3.8, 4) is 5.82 Å². The van der Waals surface area contributed by atoms with Gasteiger partial charge in [0, 0.05) is 24.9 Å². The predicted molar refractivity (Wildman–Crippen MR) is 112 cm³/mol. The summed E-state index contributed by atoms with van der Waals surface area (Å²) in [6, 6.07) is 5.96. The first kappa shape index (κ1) is 23.4. The highest BCUT2D eigenvalue weighted by Gasteiger charge is 2.14. The Morgan fingerprint density at radius 1 is 1.26 bits per heavy atom. The van der Waals surface area contributed by atoms with Gasteiger partial charge in [0.25, 0.3) is 0 Å². The number of halogens is 2. The highest BCUT2D eigenvalue weighted by atomic mass is 35.5. The molecule has 0 spiro atoms. The number of amides is 1. The molecule has 0 radical (unpaired) electrons. The molecular formula is C19H29Cl2N5O. The molecule has 0 atom stereocenters. The lowest BCUT2D eigenvalue weighted by molar-refractivity contribution is -0.121. The van der Waals surface area contributed by atoms with E-state index in [0.717, 1.165) is 42.3 Å². The summed E-state index contributed by atoms with van der Waals surface area (Å²) in [6.07, 6.45) is 5.78. The standard InChI is InChI=1S/C19H27N5O.2ClH/c1-14-11-15(2)24(23-14)18-5-3-17(12-21-18)13-22-19(25)6-4-16-7-9-20-10-8-16;;/h3,5,11-12,16,20H,4,6-10,13H2,1-2H3,(H,22,25);2*1H. The summed E-state index contributed by atoms with van der Waals surface area (Å²) in [5.74, 6) is 1.61. The van der Waals surface area contributed by atoms with Crippen molar-refractivity contribution in [1.82, 2.24) is 25.4 Å². The van der Waals surface area contributed by atoms with Gasteiger partial charge in [-0.25, -0.2) is 9.67 Å². The number of aryl methyl sites for hydroxylation is 2. The highest BCUT2D eigenvalue weighted by molar-refractivity contribution is 5.85. The molecule has 1 amide bonds. The van der Waals surface area contributed by atoms with Crippen LogP contribution in [0.25, 0.3) is 5.82 Å². The van der Waals surface area contributed by atoms with Crippen molar-refractivity contribution in [1.29, 1.82) is 0 Å². The van der Waals surface area contributed by atoms with Crippen LogP contribution in [0.15, 0.2) is 24.4 Å². The third kappa shape index (κ3) is 6.79. The third-order valence-electron chi connectivity index (χ3n) is 4.76. The number of carbonyl (C=O) groups is 1. The van der Waals surface area contributed by atoms with E-state index in [-0.39, 0.29) is 30.7 Å². The number of pyridine rings is 1. The first-order valence-corrected chi connectivity index (χ1v) is 9.08. The SMILES string of the molecule is Cc1cc(C)n(-c2ccc(CNC(=O)CCC3CCNCC3)cn2)n1.Cl.Cl. The van der Waals surface area contributed by atoms with Crippen molar-refractivity contribution in [2.75, 3.05) is 13.1 Å².